The number of amides is 3. The maximum Gasteiger partial charge on any atom is 0.490 e. The van der Waals surface area contributed by atoms with Crippen LogP contribution in [-0.2, 0) is 55.5 Å². The second kappa shape index (κ2) is 54.4. The molecule has 5 aromatic heterocycles. The highest BCUT2D eigenvalue weighted by Crippen LogP contribution is 2.34. The third kappa shape index (κ3) is 38.1. The van der Waals surface area contributed by atoms with E-state index in [4.69, 9.17) is 45.2 Å². The zero-order valence-electron chi connectivity index (χ0n) is 87.4. The summed E-state index contributed by atoms with van der Waals surface area (Å²) in [5.41, 5.74) is 13.0. The quantitative estimate of drug-likeness (QED) is 0.0147. The monoisotopic (exact) mass is 2300 g/mol. The first-order valence-electron chi connectivity index (χ1n) is 49.1. The fraction of sp³-hybridized carbons (Fsp3) is 0.491. The Morgan fingerprint density at radius 3 is 1.46 bits per heavy atom. The molecule has 37 heteroatoms. The molecule has 0 aliphatic carbocycles. The average molecular weight is 2300 g/mol. The van der Waals surface area contributed by atoms with Gasteiger partial charge in [-0.3, -0.25) is 4.90 Å². The van der Waals surface area contributed by atoms with Crippen LogP contribution in [0.15, 0.2) is 179 Å². The number of rotatable bonds is 17. The lowest BCUT2D eigenvalue weighted by atomic mass is 10.1. The lowest BCUT2D eigenvalue weighted by Gasteiger charge is -2.41. The van der Waals surface area contributed by atoms with E-state index in [-0.39, 0.29) is 67.8 Å². The predicted molar refractivity (Wildman–Crippen MR) is 608 cm³/mol. The van der Waals surface area contributed by atoms with Crippen molar-refractivity contribution in [3.8, 4) is 0 Å². The molecule has 0 spiro atoms. The largest absolute Gasteiger partial charge is 0.490 e. The van der Waals surface area contributed by atoms with Gasteiger partial charge in [0.2, 0.25) is 0 Å². The molecular formula is C108H154Br2ClF3IN16O12Si2+. The van der Waals surface area contributed by atoms with Crippen molar-refractivity contribution in [3.05, 3.63) is 213 Å². The van der Waals surface area contributed by atoms with Gasteiger partial charge in [-0.1, -0.05) is 127 Å². The SMILES string of the molecule is Brc1ccc2cc[nH]c2c1.C.C[C@@H]1CN(c2ccc3c(c2)N[C+]=C3)CCN1.C[C@@H]1CN(c2ccc3cc[nH]c3c2)CCN1C(=O)OC(C)(C)C.C[C@@H]1CN(c2ccc3ccn(COCC[Si](C)(C)C)c3c2)CCN1C(=O)OC(C)(C)C.C[C@H]1CNCCN1C(=O)OC(C)(C)C.C[Si](C)(C)CCOCn1ccc2ccc(Br)cc21.Cc1c(CN2CCN(c3ccccc3Cl)CC2)cc(C(=O)O)n1C.I.O=C(O)C(F)(F)F. The minimum Gasteiger partial charge on any atom is -0.477 e. The number of aromatic amines is 2. The van der Waals surface area contributed by atoms with Gasteiger partial charge in [-0.2, -0.15) is 18.5 Å². The van der Waals surface area contributed by atoms with Crippen molar-refractivity contribution >= 4 is 192 Å². The number of halogens is 7. The highest BCUT2D eigenvalue weighted by atomic mass is 127. The van der Waals surface area contributed by atoms with Crippen LogP contribution >= 0.6 is 67.4 Å². The molecule has 0 bridgehead atoms. The Labute approximate surface area is 896 Å². The number of aromatic carboxylic acids is 1. The van der Waals surface area contributed by atoms with Crippen molar-refractivity contribution < 1.29 is 71.0 Å². The van der Waals surface area contributed by atoms with Crippen LogP contribution in [0.2, 0.25) is 56.4 Å². The number of nitrogens with zero attached hydrogens (tertiary/aromatic N) is 11. The van der Waals surface area contributed by atoms with Gasteiger partial charge in [0.1, 0.15) is 48.2 Å². The second-order valence-corrected chi connectivity index (χ2v) is 55.8. The van der Waals surface area contributed by atoms with Gasteiger partial charge in [0.25, 0.3) is 0 Å². The number of nitrogens with one attached hydrogen (secondary N) is 5. The molecule has 11 heterocycles. The molecule has 6 aliphatic heterocycles. The van der Waals surface area contributed by atoms with Gasteiger partial charge in [-0.25, -0.2) is 24.0 Å². The molecule has 5 saturated heterocycles. The van der Waals surface area contributed by atoms with Crippen molar-refractivity contribution in [2.24, 2.45) is 7.05 Å². The lowest BCUT2D eigenvalue weighted by molar-refractivity contribution is -0.192. The first-order valence-corrected chi connectivity index (χ1v) is 58.5. The van der Waals surface area contributed by atoms with Crippen LogP contribution in [0, 0.1) is 13.1 Å². The minimum atomic E-state index is -5.08. The number of aliphatic carboxylic acids is 1. The summed E-state index contributed by atoms with van der Waals surface area (Å²) < 4.78 is 68.2. The van der Waals surface area contributed by atoms with Gasteiger partial charge in [0, 0.05) is 240 Å². The summed E-state index contributed by atoms with van der Waals surface area (Å²) in [4.78, 5) is 80.3. The standard InChI is InChI=1S/C24H39N3O3Si.C18H22ClN3O2.C18H25N3O2.C14H20BrNOSi.C13H16N3.C10H20N2O2.C8H6BrN.C2HF3O2.CH4.HI/c1-19-17-25(12-13-27(19)23(28)30-24(2,3)4)21-9-8-20-10-11-26(22(20)16-21)18-29-14-15-31(5,6)7;1-13-14(11-17(18(23)24)20(13)2)12-21-7-9-22(10-8-21)16-6-4-3-5-15(16)19;1-13-12-20(9-10-21(13)17(22)23-18(2,3)4)15-6-5-14-7-8-19-16(14)11-15;1-18(2,3)9-8-17-11-16-7-6-12-4-5-13(15)10-14(12)16;1-10-9-16(7-6-14-10)12-3-2-11-4-5-15-13(11)8-12;1-8-7-11-5-6-12(8)9(13)14-10(2,3)4;9-7-2-1-6-3-4-10-8(6)5-7;3-2(4,5)1(6)7;;/h8-11,16,19H,12-15,17-18H2,1-7H3;3-6,11H,7-10,12H2,1-2H3,(H,23,24);5-8,11,13,19H,9-10,12H2,1-4H3;4-7,10H,8-9,11H2,1-3H3;2-4,8,10,14-15H,6-7,9H2,1H3;8,11H,5-7H2,1-4H3;1-5,10H;(H,6,7);1H4;1H/q;;;;+1;;;;;/t19-;;13-;;10-;8-;;;;/m1.1.10..../s1. The van der Waals surface area contributed by atoms with E-state index in [0.717, 1.165) is 148 Å². The number of hydrogen-bond acceptors (Lipinski definition) is 18. The number of carbonyl (C=O) groups excluding carboxylic acids is 3. The zero-order chi connectivity index (χ0) is 105. The summed E-state index contributed by atoms with van der Waals surface area (Å²) in [6.45, 7) is 59.3. The van der Waals surface area contributed by atoms with E-state index in [1.807, 2.05) is 129 Å². The number of alkyl halides is 3. The third-order valence-electron chi connectivity index (χ3n) is 24.6. The number of hydrogen-bond donors (Lipinski definition) is 7. The van der Waals surface area contributed by atoms with Crippen LogP contribution in [0.25, 0.3) is 49.7 Å². The molecule has 0 radical (unpaired) electrons. The first kappa shape index (κ1) is 120. The molecular weight excluding hydrogens is 2150 g/mol. The molecule has 17 rings (SSSR count). The molecule has 28 nitrogen and oxygen atoms in total. The summed E-state index contributed by atoms with van der Waals surface area (Å²) >= 11 is 13.2. The normalized spacial score (nSPS) is 17.0. The highest BCUT2D eigenvalue weighted by Gasteiger charge is 2.39. The number of carboxylic acids is 2. The van der Waals surface area contributed by atoms with Gasteiger partial charge >= 0.3 is 36.4 Å². The van der Waals surface area contributed by atoms with E-state index in [1.165, 1.54) is 78.5 Å². The summed E-state index contributed by atoms with van der Waals surface area (Å²) in [6.07, 6.45) is 7.37. The number of benzene rings is 6. The molecule has 7 N–H and O–H groups in total. The Kier molecular flexibility index (Phi) is 45.1. The number of H-pyrrole nitrogens is 2. The first-order chi connectivity index (χ1) is 67.2. The average Bonchev–Trinajstić information content (AvgIpc) is 1.69. The Bertz CT molecular complexity index is 6040. The number of ether oxygens (including phenoxy) is 5. The smallest absolute Gasteiger partial charge is 0.477 e. The molecule has 6 aliphatic rings. The summed E-state index contributed by atoms with van der Waals surface area (Å²) in [5.74, 6) is -3.64. The van der Waals surface area contributed by atoms with Gasteiger partial charge in [-0.15, -0.1) is 24.0 Å². The van der Waals surface area contributed by atoms with Crippen molar-refractivity contribution in [2.75, 3.05) is 143 Å². The molecule has 4 atom stereocenters. The van der Waals surface area contributed by atoms with Crippen LogP contribution in [-0.4, -0.2) is 265 Å². The molecule has 0 saturated carbocycles. The highest BCUT2D eigenvalue weighted by molar-refractivity contribution is 14.0. The number of carbonyl (C=O) groups is 5. The van der Waals surface area contributed by atoms with Crippen molar-refractivity contribution in [1.29, 1.82) is 0 Å². The zero-order valence-corrected chi connectivity index (χ0v) is 95.6. The summed E-state index contributed by atoms with van der Waals surface area (Å²) in [6, 6.07) is 53.6. The second-order valence-electron chi connectivity index (χ2n) is 42.3. The van der Waals surface area contributed by atoms with Gasteiger partial charge in [0.15, 0.2) is 11.3 Å². The Hall–Kier alpha value is -9.84. The van der Waals surface area contributed by atoms with E-state index >= 15 is 0 Å². The third-order valence-corrected chi connectivity index (χ3v) is 29.4. The van der Waals surface area contributed by atoms with Crippen LogP contribution < -0.4 is 35.6 Å². The molecule has 0 unspecified atom stereocenters. The van der Waals surface area contributed by atoms with Crippen molar-refractivity contribution in [1.82, 2.24) is 53.9 Å². The van der Waals surface area contributed by atoms with Crippen LogP contribution in [0.5, 0.6) is 0 Å². The fourth-order valence-corrected chi connectivity index (χ4v) is 19.1. The van der Waals surface area contributed by atoms with E-state index in [0.29, 0.717) is 38.3 Å². The maximum absolute atomic E-state index is 12.5. The number of aromatic nitrogens is 5. The molecule has 145 heavy (non-hydrogen) atoms. The van der Waals surface area contributed by atoms with E-state index in [2.05, 4.69) is 285 Å². The predicted octanol–water partition coefficient (Wildman–Crippen LogP) is 24.5. The minimum absolute atomic E-state index is 0. The Morgan fingerprint density at radius 1 is 0.524 bits per heavy atom. The van der Waals surface area contributed by atoms with E-state index < -0.39 is 51.1 Å². The van der Waals surface area contributed by atoms with Crippen LogP contribution in [0.4, 0.5) is 56.0 Å². The number of para-hydroxylation sites is 1. The van der Waals surface area contributed by atoms with Gasteiger partial charge < -0.3 is 102 Å². The van der Waals surface area contributed by atoms with Crippen molar-refractivity contribution in [2.45, 2.75) is 223 Å². The fourth-order valence-electron chi connectivity index (χ4n) is 16.6. The number of fused-ring (bicyclic) bond motifs is 5. The number of piperazine rings is 5. The van der Waals surface area contributed by atoms with Gasteiger partial charge in [0.05, 0.1) is 33.5 Å². The maximum atomic E-state index is 12.5. The van der Waals surface area contributed by atoms with Crippen LogP contribution in [0.3, 0.4) is 0 Å². The molecule has 794 valence electrons. The summed E-state index contributed by atoms with van der Waals surface area (Å²) in [7, 11) is -0.257. The Morgan fingerprint density at radius 2 is 0.979 bits per heavy atom. The van der Waals surface area contributed by atoms with Gasteiger partial charge in [-0.05, 0) is 233 Å². The van der Waals surface area contributed by atoms with Crippen LogP contribution in [0.1, 0.15) is 125 Å². The lowest BCUT2D eigenvalue weighted by Crippen LogP contribution is -2.55. The molecule has 11 aromatic rings. The summed E-state index contributed by atoms with van der Waals surface area (Å²) in [5, 5.41) is 31.9. The van der Waals surface area contributed by atoms with E-state index in [9.17, 15) is 37.5 Å². The topological polar surface area (TPSA) is 280 Å². The van der Waals surface area contributed by atoms with Crippen molar-refractivity contribution in [3.63, 3.8) is 0 Å². The number of anilines is 5. The number of carboxylic acid groups (broad SMARTS) is 2. The molecule has 6 aromatic carbocycles. The van der Waals surface area contributed by atoms with E-state index in [1.54, 1.807) is 22.6 Å². The molecule has 5 fully saturated rings. The Balaban J connectivity index is 0.000000208. The molecule has 3 amide bonds.